The second-order valence-electron chi connectivity index (χ2n) is 16.5. The molecule has 0 saturated carbocycles. The summed E-state index contributed by atoms with van der Waals surface area (Å²) in [6.07, 6.45) is 0. The van der Waals surface area contributed by atoms with Crippen molar-refractivity contribution in [1.82, 2.24) is 0 Å². The van der Waals surface area contributed by atoms with Crippen molar-refractivity contribution in [2.24, 2.45) is 0 Å². The molecule has 0 aliphatic rings. The fraction of sp³-hybridized carbons (Fsp3) is 0. The SMILES string of the molecule is c1ccc(-c2ccc(-c3ccc(N(c4cccc(-c5ccc6ccccc6c5)c4)c4cccc(-c5cccc(-c6ccccc6)c5-c5ccccc5-c5ccccc5)c4)cc3)cc2)cc1. The van der Waals surface area contributed by atoms with Crippen LogP contribution in [0.1, 0.15) is 0 Å². The summed E-state index contributed by atoms with van der Waals surface area (Å²) in [5.74, 6) is 0. The highest BCUT2D eigenvalue weighted by molar-refractivity contribution is 6.00. The number of hydrogen-bond donors (Lipinski definition) is 0. The lowest BCUT2D eigenvalue weighted by Crippen LogP contribution is -2.10. The molecule has 0 fully saturated rings. The highest BCUT2D eigenvalue weighted by Gasteiger charge is 2.20. The Hall–Kier alpha value is -8.52. The van der Waals surface area contributed by atoms with Gasteiger partial charge in [0.25, 0.3) is 0 Å². The second kappa shape index (κ2) is 17.7. The lowest BCUT2D eigenvalue weighted by molar-refractivity contribution is 1.28. The van der Waals surface area contributed by atoms with Crippen LogP contribution in [0.15, 0.2) is 273 Å². The van der Waals surface area contributed by atoms with Gasteiger partial charge in [-0.2, -0.15) is 0 Å². The Balaban J connectivity index is 1.05. The summed E-state index contributed by atoms with van der Waals surface area (Å²) in [7, 11) is 0. The van der Waals surface area contributed by atoms with E-state index >= 15 is 0 Å². The molecule has 0 aromatic heterocycles. The fourth-order valence-electron chi connectivity index (χ4n) is 9.25. The summed E-state index contributed by atoms with van der Waals surface area (Å²) in [5.41, 5.74) is 19.9. The first-order valence-corrected chi connectivity index (χ1v) is 22.3. The van der Waals surface area contributed by atoms with E-state index in [1.807, 2.05) is 0 Å². The van der Waals surface area contributed by atoms with Crippen LogP contribution in [0.4, 0.5) is 17.1 Å². The highest BCUT2D eigenvalue weighted by Crippen LogP contribution is 2.46. The molecule has 0 aliphatic carbocycles. The molecular formula is C64H45N. The third kappa shape index (κ3) is 8.04. The third-order valence-electron chi connectivity index (χ3n) is 12.5. The minimum absolute atomic E-state index is 1.07. The van der Waals surface area contributed by atoms with Gasteiger partial charge < -0.3 is 4.90 Å². The first-order valence-electron chi connectivity index (χ1n) is 22.3. The number of rotatable bonds is 10. The topological polar surface area (TPSA) is 3.24 Å². The molecular weight excluding hydrogens is 783 g/mol. The van der Waals surface area contributed by atoms with Crippen molar-refractivity contribution >= 4 is 27.8 Å². The van der Waals surface area contributed by atoms with E-state index in [1.54, 1.807) is 0 Å². The zero-order chi connectivity index (χ0) is 43.4. The standard InChI is InChI=1S/C64H45N/c1-4-17-46(18-5-1)48-33-35-49(36-34-48)50-39-41-57(42-40-50)65(58-27-14-25-54(44-58)55-38-37-47-19-10-11-24-53(47)43-55)59-28-15-26-56(45-59)62-32-16-31-61(52-22-8-3-9-23-52)64(62)63-30-13-12-29-60(63)51-20-6-2-7-21-51/h1-45H. The molecule has 0 N–H and O–H groups in total. The van der Waals surface area contributed by atoms with Gasteiger partial charge in [-0.15, -0.1) is 0 Å². The monoisotopic (exact) mass is 827 g/mol. The number of fused-ring (bicyclic) bond motifs is 1. The molecule has 1 heteroatoms. The van der Waals surface area contributed by atoms with Gasteiger partial charge in [0, 0.05) is 17.1 Å². The smallest absolute Gasteiger partial charge is 0.0467 e. The van der Waals surface area contributed by atoms with Gasteiger partial charge in [0.05, 0.1) is 0 Å². The van der Waals surface area contributed by atoms with E-state index in [1.165, 1.54) is 83.1 Å². The number of nitrogens with zero attached hydrogens (tertiary/aromatic N) is 1. The molecule has 11 aromatic carbocycles. The summed E-state index contributed by atoms with van der Waals surface area (Å²) in [4.78, 5) is 2.40. The van der Waals surface area contributed by atoms with Crippen LogP contribution in [0.25, 0.3) is 88.7 Å². The van der Waals surface area contributed by atoms with Crippen LogP contribution in [-0.2, 0) is 0 Å². The van der Waals surface area contributed by atoms with Crippen LogP contribution in [0, 0.1) is 0 Å². The van der Waals surface area contributed by atoms with Crippen LogP contribution in [-0.4, -0.2) is 0 Å². The minimum Gasteiger partial charge on any atom is -0.310 e. The van der Waals surface area contributed by atoms with Gasteiger partial charge in [0.1, 0.15) is 0 Å². The number of anilines is 3. The number of hydrogen-bond acceptors (Lipinski definition) is 1. The van der Waals surface area contributed by atoms with Crippen molar-refractivity contribution < 1.29 is 0 Å². The predicted molar refractivity (Wildman–Crippen MR) is 277 cm³/mol. The van der Waals surface area contributed by atoms with E-state index in [0.29, 0.717) is 0 Å². The van der Waals surface area contributed by atoms with Crippen molar-refractivity contribution in [2.75, 3.05) is 4.90 Å². The summed E-state index contributed by atoms with van der Waals surface area (Å²) in [6, 6.07) is 98.9. The van der Waals surface area contributed by atoms with Crippen LogP contribution in [0.3, 0.4) is 0 Å². The lowest BCUT2D eigenvalue weighted by Gasteiger charge is -2.27. The quantitative estimate of drug-likeness (QED) is 0.133. The Morgan fingerprint density at radius 3 is 1.20 bits per heavy atom. The maximum Gasteiger partial charge on any atom is 0.0467 e. The van der Waals surface area contributed by atoms with Crippen LogP contribution < -0.4 is 4.90 Å². The molecule has 0 unspecified atom stereocenters. The molecule has 306 valence electrons. The van der Waals surface area contributed by atoms with Gasteiger partial charge >= 0.3 is 0 Å². The molecule has 0 bridgehead atoms. The molecule has 0 radical (unpaired) electrons. The van der Waals surface area contributed by atoms with Gasteiger partial charge in [-0.05, 0) is 131 Å². The highest BCUT2D eigenvalue weighted by atomic mass is 15.1. The lowest BCUT2D eigenvalue weighted by atomic mass is 9.84. The molecule has 0 saturated heterocycles. The first kappa shape index (κ1) is 39.3. The van der Waals surface area contributed by atoms with Gasteiger partial charge in [-0.1, -0.05) is 231 Å². The maximum absolute atomic E-state index is 2.40. The Morgan fingerprint density at radius 1 is 0.185 bits per heavy atom. The van der Waals surface area contributed by atoms with Crippen molar-refractivity contribution in [2.45, 2.75) is 0 Å². The van der Waals surface area contributed by atoms with Crippen LogP contribution in [0.5, 0.6) is 0 Å². The Kier molecular flexibility index (Phi) is 10.7. The second-order valence-corrected chi connectivity index (χ2v) is 16.5. The van der Waals surface area contributed by atoms with Gasteiger partial charge in [-0.3, -0.25) is 0 Å². The van der Waals surface area contributed by atoms with Crippen molar-refractivity contribution in [3.63, 3.8) is 0 Å². The van der Waals surface area contributed by atoms with Gasteiger partial charge in [-0.25, -0.2) is 0 Å². The van der Waals surface area contributed by atoms with E-state index in [2.05, 4.69) is 278 Å². The molecule has 65 heavy (non-hydrogen) atoms. The maximum atomic E-state index is 2.40. The molecule has 0 atom stereocenters. The molecule has 1 nitrogen and oxygen atoms in total. The zero-order valence-electron chi connectivity index (χ0n) is 35.9. The van der Waals surface area contributed by atoms with E-state index in [-0.39, 0.29) is 0 Å². The molecule has 0 spiro atoms. The third-order valence-corrected chi connectivity index (χ3v) is 12.5. The summed E-state index contributed by atoms with van der Waals surface area (Å²) in [5, 5.41) is 2.47. The number of benzene rings is 11. The van der Waals surface area contributed by atoms with Gasteiger partial charge in [0.15, 0.2) is 0 Å². The van der Waals surface area contributed by atoms with E-state index < -0.39 is 0 Å². The normalized spacial score (nSPS) is 11.1. The van der Waals surface area contributed by atoms with Crippen molar-refractivity contribution in [1.29, 1.82) is 0 Å². The summed E-state index contributed by atoms with van der Waals surface area (Å²) in [6.45, 7) is 0. The van der Waals surface area contributed by atoms with Crippen LogP contribution in [0.2, 0.25) is 0 Å². The Labute approximate surface area is 381 Å². The molecule has 11 aromatic rings. The predicted octanol–water partition coefficient (Wildman–Crippen LogP) is 18.0. The molecule has 0 aliphatic heterocycles. The van der Waals surface area contributed by atoms with E-state index in [9.17, 15) is 0 Å². The first-order chi connectivity index (χ1) is 32.2. The molecule has 11 rings (SSSR count). The molecule has 0 heterocycles. The fourth-order valence-corrected chi connectivity index (χ4v) is 9.25. The average Bonchev–Trinajstić information content (AvgIpc) is 3.39. The molecule has 0 amide bonds. The Bertz CT molecular complexity index is 3390. The van der Waals surface area contributed by atoms with Crippen LogP contribution >= 0.6 is 0 Å². The largest absolute Gasteiger partial charge is 0.310 e. The van der Waals surface area contributed by atoms with Crippen molar-refractivity contribution in [3.8, 4) is 77.9 Å². The van der Waals surface area contributed by atoms with Crippen molar-refractivity contribution in [3.05, 3.63) is 273 Å². The average molecular weight is 828 g/mol. The summed E-state index contributed by atoms with van der Waals surface area (Å²) < 4.78 is 0. The Morgan fingerprint density at radius 2 is 0.569 bits per heavy atom. The minimum atomic E-state index is 1.07. The van der Waals surface area contributed by atoms with E-state index in [0.717, 1.165) is 22.6 Å². The zero-order valence-corrected chi connectivity index (χ0v) is 35.9. The van der Waals surface area contributed by atoms with E-state index in [4.69, 9.17) is 0 Å². The summed E-state index contributed by atoms with van der Waals surface area (Å²) >= 11 is 0. The van der Waals surface area contributed by atoms with Gasteiger partial charge in [0.2, 0.25) is 0 Å².